The summed E-state index contributed by atoms with van der Waals surface area (Å²) in [4.78, 5) is 19.5. The minimum atomic E-state index is 0.0904. The first-order valence-corrected chi connectivity index (χ1v) is 10.0. The standard InChI is InChI=1S/C23H26N4O/c1-17-7-2-3-9-19(17)13-12-18-8-6-14-27(15-18)23(28)21-11-5-4-10-20(21)22-24-16-25-26-22/h2-5,7,9-11,16,18H,6,8,12-15H2,1H3,(H,24,25,26)/t18-/m1/s1. The summed E-state index contributed by atoms with van der Waals surface area (Å²) in [7, 11) is 0. The number of nitrogens with one attached hydrogen (secondary N) is 1. The van der Waals surface area contributed by atoms with Crippen molar-refractivity contribution < 1.29 is 4.79 Å². The normalized spacial score (nSPS) is 16.9. The predicted molar refractivity (Wildman–Crippen MR) is 110 cm³/mol. The number of benzene rings is 2. The smallest absolute Gasteiger partial charge is 0.254 e. The Morgan fingerprint density at radius 1 is 1.18 bits per heavy atom. The number of aryl methyl sites for hydroxylation is 2. The van der Waals surface area contributed by atoms with Crippen molar-refractivity contribution in [2.24, 2.45) is 5.92 Å². The van der Waals surface area contributed by atoms with Gasteiger partial charge in [0.2, 0.25) is 0 Å². The van der Waals surface area contributed by atoms with E-state index in [4.69, 9.17) is 0 Å². The third-order valence-electron chi connectivity index (χ3n) is 5.72. The first kappa shape index (κ1) is 18.4. The average Bonchev–Trinajstić information content (AvgIpc) is 3.28. The average molecular weight is 374 g/mol. The van der Waals surface area contributed by atoms with E-state index in [9.17, 15) is 4.79 Å². The molecule has 1 amide bonds. The van der Waals surface area contributed by atoms with Crippen LogP contribution in [0, 0.1) is 12.8 Å². The third kappa shape index (κ3) is 3.98. The Hall–Kier alpha value is -2.95. The van der Waals surface area contributed by atoms with Crippen LogP contribution < -0.4 is 0 Å². The molecule has 1 aliphatic rings. The second kappa shape index (κ2) is 8.38. The number of carbonyl (C=O) groups excluding carboxylic acids is 1. The van der Waals surface area contributed by atoms with E-state index in [-0.39, 0.29) is 5.91 Å². The zero-order valence-corrected chi connectivity index (χ0v) is 16.3. The van der Waals surface area contributed by atoms with Crippen molar-refractivity contribution in [2.75, 3.05) is 13.1 Å². The summed E-state index contributed by atoms with van der Waals surface area (Å²) in [6.07, 6.45) is 5.93. The van der Waals surface area contributed by atoms with Crippen molar-refractivity contribution in [1.29, 1.82) is 0 Å². The Labute approximate surface area is 165 Å². The summed E-state index contributed by atoms with van der Waals surface area (Å²) < 4.78 is 0. The summed E-state index contributed by atoms with van der Waals surface area (Å²) in [6.45, 7) is 3.83. The molecule has 5 heteroatoms. The zero-order valence-electron chi connectivity index (χ0n) is 16.3. The van der Waals surface area contributed by atoms with Gasteiger partial charge in [-0.2, -0.15) is 5.10 Å². The van der Waals surface area contributed by atoms with Gasteiger partial charge in [0.1, 0.15) is 6.33 Å². The van der Waals surface area contributed by atoms with Gasteiger partial charge in [-0.05, 0) is 55.7 Å². The molecule has 28 heavy (non-hydrogen) atoms. The quantitative estimate of drug-likeness (QED) is 0.726. The first-order valence-electron chi connectivity index (χ1n) is 10.0. The number of H-pyrrole nitrogens is 1. The highest BCUT2D eigenvalue weighted by atomic mass is 16.2. The fourth-order valence-electron chi connectivity index (χ4n) is 4.12. The zero-order chi connectivity index (χ0) is 19.3. The van der Waals surface area contributed by atoms with E-state index in [2.05, 4.69) is 46.4 Å². The highest BCUT2D eigenvalue weighted by molar-refractivity contribution is 6.00. The van der Waals surface area contributed by atoms with Crippen molar-refractivity contribution in [2.45, 2.75) is 32.6 Å². The van der Waals surface area contributed by atoms with Gasteiger partial charge < -0.3 is 4.90 Å². The largest absolute Gasteiger partial charge is 0.338 e. The fraction of sp³-hybridized carbons (Fsp3) is 0.348. The highest BCUT2D eigenvalue weighted by Crippen LogP contribution is 2.26. The van der Waals surface area contributed by atoms with Gasteiger partial charge in [0, 0.05) is 18.7 Å². The highest BCUT2D eigenvalue weighted by Gasteiger charge is 2.26. The van der Waals surface area contributed by atoms with Crippen molar-refractivity contribution in [3.05, 3.63) is 71.5 Å². The van der Waals surface area contributed by atoms with Crippen LogP contribution in [0.25, 0.3) is 11.4 Å². The molecule has 1 aliphatic heterocycles. The molecule has 1 fully saturated rings. The molecule has 0 bridgehead atoms. The number of aromatic amines is 1. The minimum Gasteiger partial charge on any atom is -0.338 e. The van der Waals surface area contributed by atoms with Gasteiger partial charge in [0.15, 0.2) is 5.82 Å². The Bertz CT molecular complexity index is 935. The molecule has 0 radical (unpaired) electrons. The monoisotopic (exact) mass is 374 g/mol. The van der Waals surface area contributed by atoms with E-state index in [1.165, 1.54) is 23.9 Å². The lowest BCUT2D eigenvalue weighted by Crippen LogP contribution is -2.40. The lowest BCUT2D eigenvalue weighted by Gasteiger charge is -2.33. The van der Waals surface area contributed by atoms with Gasteiger partial charge in [0.25, 0.3) is 5.91 Å². The van der Waals surface area contributed by atoms with Crippen LogP contribution in [-0.4, -0.2) is 39.1 Å². The van der Waals surface area contributed by atoms with E-state index in [0.29, 0.717) is 17.3 Å². The third-order valence-corrected chi connectivity index (χ3v) is 5.72. The lowest BCUT2D eigenvalue weighted by atomic mass is 9.90. The van der Waals surface area contributed by atoms with E-state index >= 15 is 0 Å². The van der Waals surface area contributed by atoms with Gasteiger partial charge in [-0.25, -0.2) is 4.98 Å². The Balaban J connectivity index is 1.45. The van der Waals surface area contributed by atoms with Crippen LogP contribution in [0.15, 0.2) is 54.9 Å². The molecule has 0 saturated carbocycles. The molecular weight excluding hydrogens is 348 g/mol. The molecule has 1 aromatic heterocycles. The number of piperidine rings is 1. The number of rotatable bonds is 5. The summed E-state index contributed by atoms with van der Waals surface area (Å²) in [5.74, 6) is 1.28. The van der Waals surface area contributed by atoms with E-state index in [1.54, 1.807) is 0 Å². The first-order chi connectivity index (χ1) is 13.7. The predicted octanol–water partition coefficient (Wildman–Crippen LogP) is 4.27. The lowest BCUT2D eigenvalue weighted by molar-refractivity contribution is 0.0669. The van der Waals surface area contributed by atoms with E-state index in [1.807, 2.05) is 29.2 Å². The van der Waals surface area contributed by atoms with Crippen molar-refractivity contribution >= 4 is 5.91 Å². The molecule has 2 aromatic carbocycles. The second-order valence-corrected chi connectivity index (χ2v) is 7.60. The topological polar surface area (TPSA) is 61.9 Å². The Kier molecular flexibility index (Phi) is 5.51. The van der Waals surface area contributed by atoms with Crippen LogP contribution in [0.1, 0.15) is 40.7 Å². The van der Waals surface area contributed by atoms with Gasteiger partial charge >= 0.3 is 0 Å². The van der Waals surface area contributed by atoms with E-state index < -0.39 is 0 Å². The molecule has 0 aliphatic carbocycles. The maximum Gasteiger partial charge on any atom is 0.254 e. The molecule has 5 nitrogen and oxygen atoms in total. The molecule has 4 rings (SSSR count). The molecule has 1 N–H and O–H groups in total. The summed E-state index contributed by atoms with van der Waals surface area (Å²) >= 11 is 0. The second-order valence-electron chi connectivity index (χ2n) is 7.60. The number of aromatic nitrogens is 3. The summed E-state index contributed by atoms with van der Waals surface area (Å²) in [5.41, 5.74) is 4.28. The van der Waals surface area contributed by atoms with Gasteiger partial charge in [0.05, 0.1) is 5.56 Å². The Morgan fingerprint density at radius 2 is 2.00 bits per heavy atom. The van der Waals surface area contributed by atoms with Crippen molar-refractivity contribution in [1.82, 2.24) is 20.1 Å². The fourth-order valence-corrected chi connectivity index (χ4v) is 4.12. The molecule has 2 heterocycles. The summed E-state index contributed by atoms with van der Waals surface area (Å²) in [5, 5.41) is 6.80. The van der Waals surface area contributed by atoms with Crippen LogP contribution in [0.4, 0.5) is 0 Å². The number of carbonyl (C=O) groups is 1. The minimum absolute atomic E-state index is 0.0904. The van der Waals surface area contributed by atoms with Gasteiger partial charge in [-0.3, -0.25) is 9.89 Å². The van der Waals surface area contributed by atoms with Crippen LogP contribution in [0.3, 0.4) is 0 Å². The molecule has 144 valence electrons. The molecule has 1 atom stereocenters. The number of hydrogen-bond donors (Lipinski definition) is 1. The molecule has 1 saturated heterocycles. The van der Waals surface area contributed by atoms with Crippen LogP contribution >= 0.6 is 0 Å². The van der Waals surface area contributed by atoms with Crippen molar-refractivity contribution in [3.63, 3.8) is 0 Å². The SMILES string of the molecule is Cc1ccccc1CC[C@H]1CCCN(C(=O)c2ccccc2-c2ncn[nH]2)C1. The van der Waals surface area contributed by atoms with Crippen LogP contribution in [0.2, 0.25) is 0 Å². The van der Waals surface area contributed by atoms with Gasteiger partial charge in [-0.15, -0.1) is 0 Å². The molecule has 0 spiro atoms. The maximum absolute atomic E-state index is 13.3. The van der Waals surface area contributed by atoms with Gasteiger partial charge in [-0.1, -0.05) is 42.5 Å². The summed E-state index contributed by atoms with van der Waals surface area (Å²) in [6, 6.07) is 16.2. The van der Waals surface area contributed by atoms with Crippen molar-refractivity contribution in [3.8, 4) is 11.4 Å². The number of likely N-dealkylation sites (tertiary alicyclic amines) is 1. The number of hydrogen-bond acceptors (Lipinski definition) is 3. The Morgan fingerprint density at radius 3 is 2.82 bits per heavy atom. The number of nitrogens with zero attached hydrogens (tertiary/aromatic N) is 3. The maximum atomic E-state index is 13.3. The van der Waals surface area contributed by atoms with Crippen LogP contribution in [-0.2, 0) is 6.42 Å². The molecule has 0 unspecified atom stereocenters. The number of amides is 1. The molecular formula is C23H26N4O. The van der Waals surface area contributed by atoms with Crippen LogP contribution in [0.5, 0.6) is 0 Å². The molecule has 3 aromatic rings. The van der Waals surface area contributed by atoms with E-state index in [0.717, 1.165) is 37.9 Å².